The summed E-state index contributed by atoms with van der Waals surface area (Å²) in [5.41, 5.74) is -0.0975. The molecule has 5 heteroatoms. The van der Waals surface area contributed by atoms with Crippen LogP contribution in [-0.4, -0.2) is 35.0 Å². The van der Waals surface area contributed by atoms with Crippen LogP contribution in [0.2, 0.25) is 0 Å². The van der Waals surface area contributed by atoms with Crippen LogP contribution in [-0.2, 0) is 9.59 Å². The Balaban J connectivity index is 2.59. The number of nitrogens with one attached hydrogen (secondary N) is 3. The molecule has 0 bridgehead atoms. The van der Waals surface area contributed by atoms with Crippen LogP contribution in [0.25, 0.3) is 0 Å². The summed E-state index contributed by atoms with van der Waals surface area (Å²) in [6.07, 6.45) is 2.45. The van der Waals surface area contributed by atoms with Gasteiger partial charge in [-0.1, -0.05) is 6.92 Å². The first-order chi connectivity index (χ1) is 9.04. The minimum absolute atomic E-state index is 0.0224. The summed E-state index contributed by atoms with van der Waals surface area (Å²) in [4.78, 5) is 23.7. The van der Waals surface area contributed by atoms with Crippen molar-refractivity contribution in [2.45, 2.75) is 84.0 Å². The molecule has 116 valence electrons. The molecule has 0 radical (unpaired) electrons. The van der Waals surface area contributed by atoms with E-state index in [0.717, 1.165) is 19.3 Å². The SMILES string of the molecule is CC[C@@H](C)NC(=O)C(=O)NC1CC(C)(C)NC(C)(C)C1. The monoisotopic (exact) mass is 283 g/mol. The maximum absolute atomic E-state index is 11.9. The standard InChI is InChI=1S/C15H29N3O2/c1-7-10(2)16-12(19)13(20)17-11-8-14(3,4)18-15(5,6)9-11/h10-11,18H,7-9H2,1-6H3,(H,16,19)(H,17,20)/t10-/m1/s1. The molecule has 2 amide bonds. The van der Waals surface area contributed by atoms with Gasteiger partial charge in [0.25, 0.3) is 0 Å². The molecule has 1 aliphatic heterocycles. The fourth-order valence-electron chi connectivity index (χ4n) is 3.07. The third-order valence-electron chi connectivity index (χ3n) is 3.72. The fraction of sp³-hybridized carbons (Fsp3) is 0.867. The summed E-state index contributed by atoms with van der Waals surface area (Å²) < 4.78 is 0. The van der Waals surface area contributed by atoms with Crippen LogP contribution in [0.4, 0.5) is 0 Å². The molecule has 0 aromatic heterocycles. The van der Waals surface area contributed by atoms with Crippen LogP contribution in [0, 0.1) is 0 Å². The molecule has 1 heterocycles. The van der Waals surface area contributed by atoms with Crippen LogP contribution >= 0.6 is 0 Å². The number of hydrogen-bond acceptors (Lipinski definition) is 3. The number of hydrogen-bond donors (Lipinski definition) is 3. The highest BCUT2D eigenvalue weighted by Crippen LogP contribution is 2.28. The average Bonchev–Trinajstić information content (AvgIpc) is 2.23. The van der Waals surface area contributed by atoms with Crippen LogP contribution < -0.4 is 16.0 Å². The second-order valence-electron chi connectivity index (χ2n) is 7.25. The van der Waals surface area contributed by atoms with Gasteiger partial charge in [0.05, 0.1) is 0 Å². The predicted octanol–water partition coefficient (Wildman–Crippen LogP) is 1.33. The molecular weight excluding hydrogens is 254 g/mol. The number of piperidine rings is 1. The van der Waals surface area contributed by atoms with E-state index in [-0.39, 0.29) is 23.2 Å². The fourth-order valence-corrected chi connectivity index (χ4v) is 3.07. The molecule has 0 aromatic rings. The van der Waals surface area contributed by atoms with Crippen LogP contribution in [0.1, 0.15) is 60.8 Å². The van der Waals surface area contributed by atoms with Gasteiger partial charge >= 0.3 is 11.8 Å². The Bertz CT molecular complexity index is 361. The molecule has 5 nitrogen and oxygen atoms in total. The zero-order valence-corrected chi connectivity index (χ0v) is 13.6. The second kappa shape index (κ2) is 6.12. The summed E-state index contributed by atoms with van der Waals surface area (Å²) in [5, 5.41) is 9.12. The first-order valence-electron chi connectivity index (χ1n) is 7.45. The molecule has 1 rings (SSSR count). The lowest BCUT2D eigenvalue weighted by Crippen LogP contribution is -2.63. The zero-order valence-electron chi connectivity index (χ0n) is 13.6. The van der Waals surface area contributed by atoms with Crippen molar-refractivity contribution < 1.29 is 9.59 Å². The van der Waals surface area contributed by atoms with E-state index in [2.05, 4.69) is 43.6 Å². The Labute approximate surface area is 122 Å². The van der Waals surface area contributed by atoms with E-state index in [0.29, 0.717) is 0 Å². The molecule has 1 atom stereocenters. The van der Waals surface area contributed by atoms with Gasteiger partial charge in [-0.15, -0.1) is 0 Å². The molecule has 3 N–H and O–H groups in total. The van der Waals surface area contributed by atoms with Gasteiger partial charge in [0.2, 0.25) is 0 Å². The number of carbonyl (C=O) groups is 2. The number of rotatable bonds is 3. The van der Waals surface area contributed by atoms with E-state index < -0.39 is 11.8 Å². The molecular formula is C15H29N3O2. The van der Waals surface area contributed by atoms with Crippen LogP contribution in [0.3, 0.4) is 0 Å². The minimum atomic E-state index is -0.534. The molecule has 20 heavy (non-hydrogen) atoms. The highest BCUT2D eigenvalue weighted by molar-refractivity contribution is 6.35. The Morgan fingerprint density at radius 2 is 1.65 bits per heavy atom. The van der Waals surface area contributed by atoms with Crippen molar-refractivity contribution >= 4 is 11.8 Å². The zero-order chi connectivity index (χ0) is 15.6. The molecule has 1 fully saturated rings. The van der Waals surface area contributed by atoms with Gasteiger partial charge in [-0.05, 0) is 53.9 Å². The van der Waals surface area contributed by atoms with Gasteiger partial charge in [0, 0.05) is 23.2 Å². The first kappa shape index (κ1) is 17.0. The largest absolute Gasteiger partial charge is 0.345 e. The highest BCUT2D eigenvalue weighted by Gasteiger charge is 2.38. The summed E-state index contributed by atoms with van der Waals surface area (Å²) >= 11 is 0. The van der Waals surface area contributed by atoms with Crippen LogP contribution in [0.15, 0.2) is 0 Å². The normalized spacial score (nSPS) is 22.9. The molecule has 0 aromatic carbocycles. The molecule has 0 saturated carbocycles. The molecule has 0 spiro atoms. The van der Waals surface area contributed by atoms with E-state index in [4.69, 9.17) is 0 Å². The van der Waals surface area contributed by atoms with Gasteiger partial charge in [0.15, 0.2) is 0 Å². The van der Waals surface area contributed by atoms with Crippen molar-refractivity contribution in [3.05, 3.63) is 0 Å². The van der Waals surface area contributed by atoms with E-state index in [9.17, 15) is 9.59 Å². The minimum Gasteiger partial charge on any atom is -0.345 e. The highest BCUT2D eigenvalue weighted by atomic mass is 16.2. The van der Waals surface area contributed by atoms with E-state index in [1.54, 1.807) is 0 Å². The van der Waals surface area contributed by atoms with Gasteiger partial charge in [-0.3, -0.25) is 9.59 Å². The van der Waals surface area contributed by atoms with Crippen LogP contribution in [0.5, 0.6) is 0 Å². The summed E-state index contributed by atoms with van der Waals surface area (Å²) in [6, 6.07) is 0.0468. The maximum atomic E-state index is 11.9. The van der Waals surface area contributed by atoms with Gasteiger partial charge in [0.1, 0.15) is 0 Å². The van der Waals surface area contributed by atoms with Crippen molar-refractivity contribution in [2.24, 2.45) is 0 Å². The van der Waals surface area contributed by atoms with Gasteiger partial charge < -0.3 is 16.0 Å². The van der Waals surface area contributed by atoms with Crippen molar-refractivity contribution in [1.29, 1.82) is 0 Å². The topological polar surface area (TPSA) is 70.2 Å². The van der Waals surface area contributed by atoms with Crippen molar-refractivity contribution in [2.75, 3.05) is 0 Å². The maximum Gasteiger partial charge on any atom is 0.309 e. The molecule has 0 unspecified atom stereocenters. The summed E-state index contributed by atoms with van der Waals surface area (Å²) in [7, 11) is 0. The third-order valence-corrected chi connectivity index (χ3v) is 3.72. The third kappa shape index (κ3) is 5.12. The Morgan fingerprint density at radius 3 is 2.10 bits per heavy atom. The van der Waals surface area contributed by atoms with E-state index in [1.807, 2.05) is 13.8 Å². The predicted molar refractivity (Wildman–Crippen MR) is 80.4 cm³/mol. The average molecular weight is 283 g/mol. The Hall–Kier alpha value is -1.10. The summed E-state index contributed by atoms with van der Waals surface area (Å²) in [6.45, 7) is 12.3. The Morgan fingerprint density at radius 1 is 1.15 bits per heavy atom. The first-order valence-corrected chi connectivity index (χ1v) is 7.45. The van der Waals surface area contributed by atoms with Crippen molar-refractivity contribution in [3.8, 4) is 0 Å². The van der Waals surface area contributed by atoms with Crippen molar-refractivity contribution in [1.82, 2.24) is 16.0 Å². The molecule has 1 aliphatic rings. The summed E-state index contributed by atoms with van der Waals surface area (Å²) in [5.74, 6) is -1.06. The van der Waals surface area contributed by atoms with Crippen molar-refractivity contribution in [3.63, 3.8) is 0 Å². The van der Waals surface area contributed by atoms with E-state index in [1.165, 1.54) is 0 Å². The second-order valence-corrected chi connectivity index (χ2v) is 7.25. The molecule has 1 saturated heterocycles. The smallest absolute Gasteiger partial charge is 0.309 e. The van der Waals surface area contributed by atoms with Gasteiger partial charge in [-0.25, -0.2) is 0 Å². The lowest BCUT2D eigenvalue weighted by molar-refractivity contribution is -0.140. The molecule has 0 aliphatic carbocycles. The lowest BCUT2D eigenvalue weighted by atomic mass is 9.79. The number of amides is 2. The Kier molecular flexibility index (Phi) is 5.19. The lowest BCUT2D eigenvalue weighted by Gasteiger charge is -2.46. The van der Waals surface area contributed by atoms with Gasteiger partial charge in [-0.2, -0.15) is 0 Å². The van der Waals surface area contributed by atoms with E-state index >= 15 is 0 Å². The quantitative estimate of drug-likeness (QED) is 0.684. The number of carbonyl (C=O) groups excluding carboxylic acids is 2.